The maximum absolute atomic E-state index is 14.5. The van der Waals surface area contributed by atoms with Gasteiger partial charge in [-0.25, -0.2) is 18.8 Å². The summed E-state index contributed by atoms with van der Waals surface area (Å²) in [7, 11) is 1.65. The Labute approximate surface area is 179 Å². The second-order valence-corrected chi connectivity index (χ2v) is 8.06. The van der Waals surface area contributed by atoms with E-state index in [4.69, 9.17) is 4.74 Å². The third-order valence-corrected chi connectivity index (χ3v) is 4.58. The Morgan fingerprint density at radius 3 is 2.65 bits per heavy atom. The SMILES string of the molecule is CC[C@H](NC(=O)OC(C)(C)C)c1nc2cccc(F)c2c(=O)n1N(C)c1cccnc1. The fraction of sp³-hybridized carbons (Fsp3) is 0.364. The summed E-state index contributed by atoms with van der Waals surface area (Å²) < 4.78 is 21.2. The molecule has 2 aromatic heterocycles. The number of carbonyl (C=O) groups is 1. The molecule has 1 aromatic carbocycles. The van der Waals surface area contributed by atoms with Crippen molar-refractivity contribution in [3.8, 4) is 0 Å². The molecule has 0 saturated heterocycles. The van der Waals surface area contributed by atoms with Gasteiger partial charge >= 0.3 is 6.09 Å². The molecule has 0 bridgehead atoms. The first kappa shape index (κ1) is 22.2. The first-order chi connectivity index (χ1) is 14.6. The number of anilines is 1. The van der Waals surface area contributed by atoms with Crippen LogP contribution in [0.3, 0.4) is 0 Å². The zero-order valence-electron chi connectivity index (χ0n) is 18.2. The molecule has 9 heteroatoms. The second-order valence-electron chi connectivity index (χ2n) is 8.06. The van der Waals surface area contributed by atoms with E-state index in [1.807, 2.05) is 6.92 Å². The number of rotatable bonds is 5. The smallest absolute Gasteiger partial charge is 0.408 e. The van der Waals surface area contributed by atoms with Gasteiger partial charge in [0.25, 0.3) is 5.56 Å². The van der Waals surface area contributed by atoms with Crippen molar-refractivity contribution in [3.63, 3.8) is 0 Å². The number of aromatic nitrogens is 3. The van der Waals surface area contributed by atoms with Crippen LogP contribution in [-0.2, 0) is 4.74 Å². The van der Waals surface area contributed by atoms with E-state index < -0.39 is 29.1 Å². The largest absolute Gasteiger partial charge is 0.444 e. The van der Waals surface area contributed by atoms with Gasteiger partial charge in [0, 0.05) is 13.2 Å². The van der Waals surface area contributed by atoms with Gasteiger partial charge in [-0.1, -0.05) is 13.0 Å². The number of alkyl carbamates (subject to hydrolysis) is 1. The molecule has 1 atom stereocenters. The summed E-state index contributed by atoms with van der Waals surface area (Å²) in [5.74, 6) is -0.411. The van der Waals surface area contributed by atoms with Crippen molar-refractivity contribution in [3.05, 3.63) is 64.7 Å². The minimum absolute atomic E-state index is 0.130. The van der Waals surface area contributed by atoms with Crippen molar-refractivity contribution >= 4 is 22.7 Å². The fourth-order valence-electron chi connectivity index (χ4n) is 3.17. The van der Waals surface area contributed by atoms with Gasteiger partial charge in [-0.15, -0.1) is 0 Å². The normalized spacial score (nSPS) is 12.5. The van der Waals surface area contributed by atoms with Gasteiger partial charge in [-0.3, -0.25) is 14.8 Å². The molecule has 0 radical (unpaired) electrons. The summed E-state index contributed by atoms with van der Waals surface area (Å²) >= 11 is 0. The molecule has 3 aromatic rings. The van der Waals surface area contributed by atoms with Crippen LogP contribution >= 0.6 is 0 Å². The van der Waals surface area contributed by atoms with E-state index in [9.17, 15) is 14.0 Å². The van der Waals surface area contributed by atoms with E-state index in [0.29, 0.717) is 12.1 Å². The number of pyridine rings is 1. The second kappa shape index (κ2) is 8.71. The van der Waals surface area contributed by atoms with E-state index in [0.717, 1.165) is 0 Å². The average Bonchev–Trinajstić information content (AvgIpc) is 2.70. The van der Waals surface area contributed by atoms with E-state index >= 15 is 0 Å². The molecule has 2 heterocycles. The molecule has 0 fully saturated rings. The van der Waals surface area contributed by atoms with Gasteiger partial charge in [0.15, 0.2) is 5.82 Å². The lowest BCUT2D eigenvalue weighted by molar-refractivity contribution is 0.0498. The van der Waals surface area contributed by atoms with E-state index in [-0.39, 0.29) is 16.7 Å². The van der Waals surface area contributed by atoms with Crippen LogP contribution in [0, 0.1) is 5.82 Å². The van der Waals surface area contributed by atoms with Gasteiger partial charge in [0.05, 0.1) is 23.4 Å². The topological polar surface area (TPSA) is 89.3 Å². The molecule has 0 aliphatic carbocycles. The zero-order valence-corrected chi connectivity index (χ0v) is 18.2. The van der Waals surface area contributed by atoms with Crippen LogP contribution in [0.5, 0.6) is 0 Å². The molecule has 31 heavy (non-hydrogen) atoms. The van der Waals surface area contributed by atoms with Crippen molar-refractivity contribution < 1.29 is 13.9 Å². The molecular formula is C22H26FN5O3. The summed E-state index contributed by atoms with van der Waals surface area (Å²) in [6.45, 7) is 7.13. The molecular weight excluding hydrogens is 401 g/mol. The Morgan fingerprint density at radius 1 is 1.29 bits per heavy atom. The highest BCUT2D eigenvalue weighted by Gasteiger charge is 2.26. The summed E-state index contributed by atoms with van der Waals surface area (Å²) in [4.78, 5) is 34.5. The van der Waals surface area contributed by atoms with Crippen LogP contribution in [-0.4, -0.2) is 33.4 Å². The predicted molar refractivity (Wildman–Crippen MR) is 116 cm³/mol. The number of amides is 1. The van der Waals surface area contributed by atoms with Crippen LogP contribution in [0.15, 0.2) is 47.5 Å². The Hall–Kier alpha value is -3.49. The number of hydrogen-bond acceptors (Lipinski definition) is 6. The fourth-order valence-corrected chi connectivity index (χ4v) is 3.17. The van der Waals surface area contributed by atoms with Crippen molar-refractivity contribution in [2.45, 2.75) is 45.8 Å². The molecule has 0 unspecified atom stereocenters. The molecule has 0 aliphatic heterocycles. The first-order valence-electron chi connectivity index (χ1n) is 9.97. The zero-order chi connectivity index (χ0) is 22.8. The quantitative estimate of drug-likeness (QED) is 0.666. The Kier molecular flexibility index (Phi) is 6.24. The Bertz CT molecular complexity index is 1140. The van der Waals surface area contributed by atoms with Crippen molar-refractivity contribution in [1.82, 2.24) is 20.0 Å². The van der Waals surface area contributed by atoms with Crippen LogP contribution in [0.2, 0.25) is 0 Å². The lowest BCUT2D eigenvalue weighted by Crippen LogP contribution is -2.43. The van der Waals surface area contributed by atoms with Crippen molar-refractivity contribution in [1.29, 1.82) is 0 Å². The number of hydrogen-bond donors (Lipinski definition) is 1. The van der Waals surface area contributed by atoms with Crippen molar-refractivity contribution in [2.24, 2.45) is 0 Å². The number of benzene rings is 1. The number of halogens is 1. The van der Waals surface area contributed by atoms with Gasteiger partial charge < -0.3 is 10.1 Å². The van der Waals surface area contributed by atoms with Crippen LogP contribution in [0.4, 0.5) is 14.9 Å². The summed E-state index contributed by atoms with van der Waals surface area (Å²) in [6.07, 6.45) is 2.97. The van der Waals surface area contributed by atoms with E-state index in [2.05, 4.69) is 15.3 Å². The summed E-state index contributed by atoms with van der Waals surface area (Å²) in [5, 5.41) is 4.17. The van der Waals surface area contributed by atoms with Gasteiger partial charge in [-0.05, 0) is 51.5 Å². The Balaban J connectivity index is 2.19. The lowest BCUT2D eigenvalue weighted by atomic mass is 10.1. The van der Waals surface area contributed by atoms with Crippen molar-refractivity contribution in [2.75, 3.05) is 12.1 Å². The number of nitrogens with zero attached hydrogens (tertiary/aromatic N) is 4. The highest BCUT2D eigenvalue weighted by molar-refractivity contribution is 5.78. The van der Waals surface area contributed by atoms with Gasteiger partial charge in [-0.2, -0.15) is 0 Å². The standard InChI is InChI=1S/C22H26FN5O3/c1-6-16(26-21(30)31-22(2,3)4)19-25-17-11-7-10-15(23)18(17)20(29)28(19)27(5)14-9-8-12-24-13-14/h7-13,16H,6H2,1-5H3,(H,26,30)/t16-/m0/s1. The minimum atomic E-state index is -0.686. The first-order valence-corrected chi connectivity index (χ1v) is 9.97. The number of fused-ring (bicyclic) bond motifs is 1. The number of ether oxygens (including phenoxy) is 1. The van der Waals surface area contributed by atoms with Gasteiger partial charge in [0.1, 0.15) is 16.8 Å². The number of nitrogens with one attached hydrogen (secondary N) is 1. The van der Waals surface area contributed by atoms with E-state index in [1.165, 1.54) is 21.8 Å². The molecule has 1 amide bonds. The molecule has 0 saturated carbocycles. The minimum Gasteiger partial charge on any atom is -0.444 e. The average molecular weight is 427 g/mol. The van der Waals surface area contributed by atoms with Gasteiger partial charge in [0.2, 0.25) is 0 Å². The number of carbonyl (C=O) groups excluding carboxylic acids is 1. The van der Waals surface area contributed by atoms with E-state index in [1.54, 1.807) is 58.4 Å². The monoisotopic (exact) mass is 427 g/mol. The molecule has 0 spiro atoms. The summed E-state index contributed by atoms with van der Waals surface area (Å²) in [6, 6.07) is 7.10. The predicted octanol–water partition coefficient (Wildman–Crippen LogP) is 3.81. The Morgan fingerprint density at radius 2 is 2.03 bits per heavy atom. The lowest BCUT2D eigenvalue weighted by Gasteiger charge is -2.28. The van der Waals surface area contributed by atoms with Crippen LogP contribution < -0.4 is 15.9 Å². The third-order valence-electron chi connectivity index (χ3n) is 4.58. The highest BCUT2D eigenvalue weighted by Crippen LogP contribution is 2.22. The molecule has 164 valence electrons. The maximum atomic E-state index is 14.5. The van der Waals surface area contributed by atoms with Crippen LogP contribution in [0.25, 0.3) is 10.9 Å². The molecule has 1 N–H and O–H groups in total. The molecule has 0 aliphatic rings. The van der Waals surface area contributed by atoms with Crippen LogP contribution in [0.1, 0.15) is 46.0 Å². The third kappa shape index (κ3) is 4.82. The maximum Gasteiger partial charge on any atom is 0.408 e. The highest BCUT2D eigenvalue weighted by atomic mass is 19.1. The molecule has 3 rings (SSSR count). The summed E-state index contributed by atoms with van der Waals surface area (Å²) in [5.41, 5.74) is -0.473. The molecule has 8 nitrogen and oxygen atoms in total.